The number of hydrogen-bond donors (Lipinski definition) is 6. The van der Waals surface area contributed by atoms with Gasteiger partial charge in [0.2, 0.25) is 11.8 Å². The molecular formula is C87H133N7O30S. The number of aliphatic hydroxyl groups is 1. The summed E-state index contributed by atoms with van der Waals surface area (Å²) in [5.41, 5.74) is 8.32. The largest absolute Gasteiger partial charge is 0.445 e. The maximum absolute atomic E-state index is 14.6. The molecule has 0 aromatic heterocycles. The highest BCUT2D eigenvalue weighted by Gasteiger charge is 2.69. The molecule has 11 heterocycles. The average Bonchev–Trinajstić information content (AvgIpc) is 1.55. The molecule has 0 aliphatic carbocycles. The van der Waals surface area contributed by atoms with Crippen LogP contribution in [-0.2, 0) is 147 Å². The van der Waals surface area contributed by atoms with E-state index in [1.165, 1.54) is 0 Å². The number of Topliss-reactive ketones (excluding diaryl/α,β-unsaturated/α-hetero) is 2. The van der Waals surface area contributed by atoms with Crippen LogP contribution in [0.15, 0.2) is 52.9 Å². The smallest absolute Gasteiger partial charge is 0.407 e. The van der Waals surface area contributed by atoms with Crippen LogP contribution in [-0.4, -0.2) is 319 Å². The summed E-state index contributed by atoms with van der Waals surface area (Å²) in [5.74, 6) is -5.33. The molecule has 38 heteroatoms. The quantitative estimate of drug-likeness (QED) is 0.0270. The number of hydrogen-bond acceptors (Lipinski definition) is 32. The number of imide groups is 1. The molecule has 11 saturated heterocycles. The van der Waals surface area contributed by atoms with Crippen LogP contribution < -0.4 is 27.0 Å². The Bertz CT molecular complexity index is 3610. The summed E-state index contributed by atoms with van der Waals surface area (Å²) in [6.45, 7) is 20.2. The normalized spacial score (nSPS) is 29.4. The molecule has 11 fully saturated rings. The summed E-state index contributed by atoms with van der Waals surface area (Å²) in [6.07, 6.45) is 0.608. The number of ketones is 2. The Hall–Kier alpha value is -6.61. The summed E-state index contributed by atoms with van der Waals surface area (Å²) >= 11 is 4.02. The van der Waals surface area contributed by atoms with Crippen LogP contribution in [0.2, 0.25) is 0 Å². The number of aliphatic hydroxyl groups excluding tert-OH is 1. The third kappa shape index (κ3) is 31.6. The molecule has 12 rings (SSSR count). The maximum atomic E-state index is 14.6. The second kappa shape index (κ2) is 52.3. The van der Waals surface area contributed by atoms with E-state index in [1.807, 2.05) is 0 Å². The second-order valence-electron chi connectivity index (χ2n) is 33.7. The molecule has 125 heavy (non-hydrogen) atoms. The van der Waals surface area contributed by atoms with Crippen molar-refractivity contribution in [3.05, 3.63) is 54.1 Å². The minimum atomic E-state index is -1.11. The minimum absolute atomic E-state index is 0.00726. The van der Waals surface area contributed by atoms with Gasteiger partial charge in [-0.2, -0.15) is 0 Å². The van der Waals surface area contributed by atoms with Gasteiger partial charge in [-0.05, 0) is 98.5 Å². The molecule has 7 N–H and O–H groups in total. The number of benzene rings is 1. The van der Waals surface area contributed by atoms with Crippen molar-refractivity contribution in [1.29, 1.82) is 0 Å². The SMILES string of the molecule is C=C1C[C@@H]2CC[C@@]34C[C@H]5O[C@H]6[C@@H](O3)[C@H]3O[C@H](CC[C@@H]3O[C@H]6[C@H]5O4)CC(=O)C[C@@H]3[C@@H](OC)[C@@H](C[C@H](O)CNC(=O)OCc4ccc(NC(=O)[C@H](CCCNC(N)=O)CC(=O)[C@@H](NC(=O)CCOCCOCCOCCOCCOCCOCCOCCOCCOCCC(=O)ON5C(=O)CCC5=O)C(C)C)cc4)O[C@H]3C[C@H]3O[C@@H](CC[C@@H]1O2)C[C@@H](C)C3=C.CN=S. The van der Waals surface area contributed by atoms with Gasteiger partial charge in [-0.25, -0.2) is 18.7 Å². The molecular weight excluding hydrogens is 1660 g/mol. The third-order valence-corrected chi connectivity index (χ3v) is 24.1. The van der Waals surface area contributed by atoms with Gasteiger partial charge in [0.05, 0.1) is 199 Å². The molecule has 37 nitrogen and oxygen atoms in total. The van der Waals surface area contributed by atoms with Gasteiger partial charge < -0.3 is 127 Å². The van der Waals surface area contributed by atoms with Gasteiger partial charge in [0.15, 0.2) is 11.6 Å². The van der Waals surface area contributed by atoms with Gasteiger partial charge in [-0.3, -0.25) is 28.8 Å². The number of hydroxylamine groups is 2. The highest BCUT2D eigenvalue weighted by Crippen LogP contribution is 2.55. The number of amides is 7. The summed E-state index contributed by atoms with van der Waals surface area (Å²) in [7, 11) is 3.15. The van der Waals surface area contributed by atoms with Gasteiger partial charge in [-0.15, -0.1) is 5.06 Å². The molecule has 0 unspecified atom stereocenters. The zero-order valence-electron chi connectivity index (χ0n) is 73.0. The van der Waals surface area contributed by atoms with Crippen LogP contribution >= 0.6 is 0 Å². The lowest BCUT2D eigenvalue weighted by atomic mass is 9.81. The first-order valence-electron chi connectivity index (χ1n) is 44.4. The van der Waals surface area contributed by atoms with Gasteiger partial charge in [0, 0.05) is 121 Å². The van der Waals surface area contributed by atoms with E-state index < -0.39 is 108 Å². The number of carbonyl (C=O) groups is 9. The van der Waals surface area contributed by atoms with Crippen LogP contribution in [0.1, 0.15) is 155 Å². The fourth-order valence-corrected chi connectivity index (χ4v) is 17.7. The van der Waals surface area contributed by atoms with Crippen LogP contribution in [0.4, 0.5) is 15.3 Å². The predicted molar refractivity (Wildman–Crippen MR) is 447 cm³/mol. The van der Waals surface area contributed by atoms with E-state index in [4.69, 9.17) is 101 Å². The van der Waals surface area contributed by atoms with Crippen molar-refractivity contribution < 1.29 is 143 Å². The van der Waals surface area contributed by atoms with Crippen LogP contribution in [0.3, 0.4) is 0 Å². The molecule has 702 valence electrons. The Morgan fingerprint density at radius 3 is 1.82 bits per heavy atom. The molecule has 7 amide bonds. The van der Waals surface area contributed by atoms with E-state index in [-0.39, 0.29) is 189 Å². The molecule has 11 aliphatic heterocycles. The van der Waals surface area contributed by atoms with Crippen molar-refractivity contribution in [3.8, 4) is 0 Å². The van der Waals surface area contributed by atoms with Crippen LogP contribution in [0, 0.1) is 23.7 Å². The number of rotatable bonds is 49. The summed E-state index contributed by atoms with van der Waals surface area (Å²) in [5, 5.41) is 23.0. The summed E-state index contributed by atoms with van der Waals surface area (Å²) < 4.78 is 119. The van der Waals surface area contributed by atoms with Gasteiger partial charge in [0.1, 0.15) is 42.9 Å². The first-order valence-corrected chi connectivity index (χ1v) is 44.8. The Morgan fingerprint density at radius 1 is 0.648 bits per heavy atom. The molecule has 11 aliphatic rings. The molecule has 1 aromatic carbocycles. The summed E-state index contributed by atoms with van der Waals surface area (Å²) in [6, 6.07) is 4.96. The fraction of sp³-hybridized carbons (Fsp3) is 0.782. The average molecular weight is 1790 g/mol. The predicted octanol–water partition coefficient (Wildman–Crippen LogP) is 5.39. The van der Waals surface area contributed by atoms with Crippen molar-refractivity contribution in [2.24, 2.45) is 33.8 Å². The van der Waals surface area contributed by atoms with Crippen LogP contribution in [0.25, 0.3) is 0 Å². The molecule has 12 bridgehead atoms. The van der Waals surface area contributed by atoms with Crippen molar-refractivity contribution >= 4 is 71.4 Å². The van der Waals surface area contributed by atoms with Crippen LogP contribution in [0.5, 0.6) is 0 Å². The lowest BCUT2D eigenvalue weighted by Gasteiger charge is -2.47. The molecule has 1 aromatic rings. The lowest BCUT2D eigenvalue weighted by molar-refractivity contribution is -0.292. The molecule has 1 spiro atoms. The number of nitrogens with zero attached hydrogens (tertiary/aromatic N) is 2. The third-order valence-electron chi connectivity index (χ3n) is 24.1. The Labute approximate surface area is 736 Å². The first kappa shape index (κ1) is 101. The Balaban J connectivity index is 0.00000536. The number of nitrogens with one attached hydrogen (secondary N) is 4. The van der Waals surface area contributed by atoms with E-state index in [9.17, 15) is 48.3 Å². The number of methoxy groups -OCH3 is 1. The summed E-state index contributed by atoms with van der Waals surface area (Å²) in [4.78, 5) is 120. The Morgan fingerprint density at radius 2 is 1.22 bits per heavy atom. The lowest BCUT2D eigenvalue weighted by Crippen LogP contribution is -2.61. The van der Waals surface area contributed by atoms with Crippen molar-refractivity contribution in [1.82, 2.24) is 21.0 Å². The van der Waals surface area contributed by atoms with Crippen molar-refractivity contribution in [2.45, 2.75) is 265 Å². The number of nitrogens with two attached hydrogens (primary N) is 1. The van der Waals surface area contributed by atoms with E-state index >= 15 is 0 Å². The van der Waals surface area contributed by atoms with Gasteiger partial charge in [0.25, 0.3) is 11.8 Å². The van der Waals surface area contributed by atoms with Crippen molar-refractivity contribution in [3.63, 3.8) is 0 Å². The zero-order chi connectivity index (χ0) is 89.2. The number of anilines is 1. The number of carbonyl (C=O) groups excluding carboxylic acids is 9. The number of urea groups is 1. The number of alkyl carbamates (subject to hydrolysis) is 1. The number of fused-ring (bicyclic) bond motifs is 6. The first-order chi connectivity index (χ1) is 60.4. The molecule has 21 atom stereocenters. The van der Waals surface area contributed by atoms with E-state index in [1.54, 1.807) is 52.3 Å². The molecule has 0 radical (unpaired) electrons. The van der Waals surface area contributed by atoms with E-state index in [0.717, 1.165) is 43.3 Å². The second-order valence-corrected chi connectivity index (χ2v) is 34.0. The highest BCUT2D eigenvalue weighted by atomic mass is 32.1. The van der Waals surface area contributed by atoms with E-state index in [0.29, 0.717) is 141 Å². The maximum Gasteiger partial charge on any atom is 0.407 e. The standard InChI is InChI=1S/C86H130N6O30.CH3NS/c1-52(2)76(91-72(96)20-24-104-26-28-106-30-32-108-34-36-110-38-40-112-41-39-111-37-35-109-33-31-107-29-27-105-25-21-75(99)122-92-73(97)17-18-74(92)98)65(95)44-57(8-7-23-88-84(87)101)83(100)90-58-11-9-56(10-12-58)51-113-85(102)89-50-60(94)47-70-77(103-6)64-46-59(93)45-62-14-16-67-78(116-62)82-81-80(118-67)79-71(119-81)49-86(120-79,121-82)22-19-63-43-54(4)66(114-63)15-13-61-42-53(3)55(5)68(115-61)48-69(64)117-70;1-2-3/h9-12,52-53,57,60-64,66-71,76-82,94H,4-5,7-8,13-51H2,1-3,6H3,(H,89,102)(H,90,100)(H,91,96)(H3,87,88,101);1H3/t53-,57-,60+,61+,62-,63+,64+,66+,67+,68-,69+,70-,71-,76+,77-,78+,79+,80+,81-,82+,86+;/m1./s1. The Kier molecular flexibility index (Phi) is 42.1. The minimum Gasteiger partial charge on any atom is -0.445 e. The monoisotopic (exact) mass is 1790 g/mol. The fourth-order valence-electron chi connectivity index (χ4n) is 17.7. The van der Waals surface area contributed by atoms with E-state index in [2.05, 4.69) is 58.1 Å². The number of primary amides is 1. The van der Waals surface area contributed by atoms with Crippen molar-refractivity contribution in [2.75, 3.05) is 151 Å². The van der Waals surface area contributed by atoms with Gasteiger partial charge >= 0.3 is 18.1 Å². The number of ether oxygens (including phenoxy) is 19. The highest BCUT2D eigenvalue weighted by molar-refractivity contribution is 7.47. The molecule has 0 saturated carbocycles. The van der Waals surface area contributed by atoms with Gasteiger partial charge in [-0.1, -0.05) is 46.1 Å². The zero-order valence-corrected chi connectivity index (χ0v) is 73.8. The topological polar surface area (TPSA) is 448 Å².